The molecule has 5 nitrogen and oxygen atoms in total. The molecule has 1 aromatic rings. The Bertz CT molecular complexity index is 535. The van der Waals surface area contributed by atoms with Crippen molar-refractivity contribution in [1.29, 1.82) is 0 Å². The lowest BCUT2D eigenvalue weighted by Crippen LogP contribution is -2.56. The first-order valence-corrected chi connectivity index (χ1v) is 7.40. The molecule has 6 heteroatoms. The molecule has 2 N–H and O–H groups in total. The molecular formula is C14H17BrN2O3. The van der Waals surface area contributed by atoms with Crippen molar-refractivity contribution in [3.63, 3.8) is 0 Å². The highest BCUT2D eigenvalue weighted by molar-refractivity contribution is 9.10. The van der Waals surface area contributed by atoms with E-state index in [1.165, 1.54) is 6.20 Å². The summed E-state index contributed by atoms with van der Waals surface area (Å²) in [6.07, 6.45) is 4.28. The molecule has 1 saturated carbocycles. The molecule has 1 heterocycles. The fourth-order valence-electron chi connectivity index (χ4n) is 2.75. The minimum atomic E-state index is -1.15. The van der Waals surface area contributed by atoms with Gasteiger partial charge in [0.25, 0.3) is 5.91 Å². The molecule has 0 aromatic carbocycles. The quantitative estimate of drug-likeness (QED) is 0.829. The number of carbonyl (C=O) groups is 2. The summed E-state index contributed by atoms with van der Waals surface area (Å²) in [5.74, 6) is -1.03. The second-order valence-corrected chi connectivity index (χ2v) is 6.22. The average Bonchev–Trinajstić information content (AvgIpc) is 2.38. The van der Waals surface area contributed by atoms with Gasteiger partial charge in [0.05, 0.1) is 0 Å². The molecule has 2 rings (SSSR count). The molecule has 1 fully saturated rings. The summed E-state index contributed by atoms with van der Waals surface area (Å²) in [6, 6.07) is 3.15. The summed E-state index contributed by atoms with van der Waals surface area (Å²) in [5, 5.41) is 12.2. The largest absolute Gasteiger partial charge is 0.480 e. The predicted molar refractivity (Wildman–Crippen MR) is 77.4 cm³/mol. The van der Waals surface area contributed by atoms with Gasteiger partial charge < -0.3 is 10.4 Å². The van der Waals surface area contributed by atoms with E-state index in [0.29, 0.717) is 28.9 Å². The number of nitrogens with one attached hydrogen (secondary N) is 1. The molecule has 2 atom stereocenters. The van der Waals surface area contributed by atoms with Crippen molar-refractivity contribution >= 4 is 27.8 Å². The zero-order valence-corrected chi connectivity index (χ0v) is 12.8. The monoisotopic (exact) mass is 340 g/mol. The first-order valence-electron chi connectivity index (χ1n) is 6.60. The van der Waals surface area contributed by atoms with Crippen molar-refractivity contribution in [2.45, 2.75) is 38.1 Å². The number of hydrogen-bond donors (Lipinski definition) is 2. The highest BCUT2D eigenvalue weighted by Gasteiger charge is 2.43. The van der Waals surface area contributed by atoms with Crippen LogP contribution in [0.4, 0.5) is 0 Å². The fraction of sp³-hybridized carbons (Fsp3) is 0.500. The SMILES string of the molecule is CC1CCCC(NC(=O)c2ccnc(Br)c2)(C(=O)O)C1. The topological polar surface area (TPSA) is 79.3 Å². The number of aliphatic carboxylic acids is 1. The van der Waals surface area contributed by atoms with E-state index in [1.807, 2.05) is 6.92 Å². The van der Waals surface area contributed by atoms with Crippen LogP contribution in [0.5, 0.6) is 0 Å². The first kappa shape index (κ1) is 15.0. The van der Waals surface area contributed by atoms with E-state index >= 15 is 0 Å². The maximum absolute atomic E-state index is 12.3. The number of amides is 1. The van der Waals surface area contributed by atoms with Gasteiger partial charge in [-0.25, -0.2) is 9.78 Å². The molecule has 0 saturated heterocycles. The van der Waals surface area contributed by atoms with Gasteiger partial charge in [0.2, 0.25) is 0 Å². The van der Waals surface area contributed by atoms with Crippen molar-refractivity contribution in [2.24, 2.45) is 5.92 Å². The average molecular weight is 341 g/mol. The maximum Gasteiger partial charge on any atom is 0.329 e. The van der Waals surface area contributed by atoms with E-state index in [1.54, 1.807) is 12.1 Å². The zero-order valence-electron chi connectivity index (χ0n) is 11.2. The highest BCUT2D eigenvalue weighted by Crippen LogP contribution is 2.32. The van der Waals surface area contributed by atoms with Crippen LogP contribution < -0.4 is 5.32 Å². The Balaban J connectivity index is 2.20. The third-order valence-corrected chi connectivity index (χ3v) is 4.18. The van der Waals surface area contributed by atoms with Crippen molar-refractivity contribution in [1.82, 2.24) is 10.3 Å². The highest BCUT2D eigenvalue weighted by atomic mass is 79.9. The molecule has 0 radical (unpaired) electrons. The minimum Gasteiger partial charge on any atom is -0.480 e. The number of hydrogen-bond acceptors (Lipinski definition) is 3. The van der Waals surface area contributed by atoms with Crippen molar-refractivity contribution in [3.05, 3.63) is 28.5 Å². The number of carboxylic acids is 1. The van der Waals surface area contributed by atoms with Crippen LogP contribution in [-0.2, 0) is 4.79 Å². The first-order chi connectivity index (χ1) is 9.43. The van der Waals surface area contributed by atoms with Gasteiger partial charge in [0, 0.05) is 11.8 Å². The van der Waals surface area contributed by atoms with Crippen molar-refractivity contribution in [2.75, 3.05) is 0 Å². The van der Waals surface area contributed by atoms with Gasteiger partial charge in [0.15, 0.2) is 0 Å². The van der Waals surface area contributed by atoms with Crippen LogP contribution in [0.15, 0.2) is 22.9 Å². The molecule has 1 aliphatic rings. The standard InChI is InChI=1S/C14H17BrN2O3/c1-9-3-2-5-14(8-9,13(19)20)17-12(18)10-4-6-16-11(15)7-10/h4,6-7,9H,2-3,5,8H2,1H3,(H,17,18)(H,19,20). The molecule has 0 spiro atoms. The Morgan fingerprint density at radius 2 is 2.30 bits per heavy atom. The molecule has 108 valence electrons. The van der Waals surface area contributed by atoms with Gasteiger partial charge >= 0.3 is 5.97 Å². The van der Waals surface area contributed by atoms with Gasteiger partial charge in [-0.1, -0.05) is 19.8 Å². The summed E-state index contributed by atoms with van der Waals surface area (Å²) >= 11 is 3.20. The lowest BCUT2D eigenvalue weighted by Gasteiger charge is -2.37. The number of rotatable bonds is 3. The molecule has 1 aromatic heterocycles. The van der Waals surface area contributed by atoms with E-state index in [2.05, 4.69) is 26.2 Å². The van der Waals surface area contributed by atoms with Crippen molar-refractivity contribution in [3.8, 4) is 0 Å². The molecular weight excluding hydrogens is 324 g/mol. The van der Waals surface area contributed by atoms with E-state index in [4.69, 9.17) is 0 Å². The molecule has 2 unspecified atom stereocenters. The normalized spacial score (nSPS) is 26.0. The van der Waals surface area contributed by atoms with Crippen molar-refractivity contribution < 1.29 is 14.7 Å². The number of pyridine rings is 1. The van der Waals surface area contributed by atoms with Crippen LogP contribution in [0.25, 0.3) is 0 Å². The number of nitrogens with zero attached hydrogens (tertiary/aromatic N) is 1. The van der Waals surface area contributed by atoms with E-state index in [-0.39, 0.29) is 5.91 Å². The Labute approximate surface area is 125 Å². The van der Waals surface area contributed by atoms with Crippen LogP contribution in [-0.4, -0.2) is 27.5 Å². The summed E-state index contributed by atoms with van der Waals surface area (Å²) < 4.78 is 0.548. The maximum atomic E-state index is 12.3. The summed E-state index contributed by atoms with van der Waals surface area (Å²) in [7, 11) is 0. The smallest absolute Gasteiger partial charge is 0.329 e. The molecule has 1 aliphatic carbocycles. The minimum absolute atomic E-state index is 0.296. The second-order valence-electron chi connectivity index (χ2n) is 5.41. The van der Waals surface area contributed by atoms with Crippen LogP contribution in [0, 0.1) is 5.92 Å². The van der Waals surface area contributed by atoms with Crippen LogP contribution in [0.2, 0.25) is 0 Å². The molecule has 0 bridgehead atoms. The van der Waals surface area contributed by atoms with Gasteiger partial charge in [-0.2, -0.15) is 0 Å². The Kier molecular flexibility index (Phi) is 4.42. The predicted octanol–water partition coefficient (Wildman–Crippen LogP) is 2.61. The number of halogens is 1. The van der Waals surface area contributed by atoms with Crippen LogP contribution in [0.1, 0.15) is 43.0 Å². The summed E-state index contributed by atoms with van der Waals surface area (Å²) in [4.78, 5) is 27.8. The van der Waals surface area contributed by atoms with E-state index < -0.39 is 11.5 Å². The fourth-order valence-corrected chi connectivity index (χ4v) is 3.11. The summed E-state index contributed by atoms with van der Waals surface area (Å²) in [5.41, 5.74) is -0.740. The lowest BCUT2D eigenvalue weighted by molar-refractivity contribution is -0.146. The molecule has 1 amide bonds. The van der Waals surface area contributed by atoms with Gasteiger partial charge in [0.1, 0.15) is 10.1 Å². The van der Waals surface area contributed by atoms with Gasteiger partial charge in [-0.3, -0.25) is 4.79 Å². The molecule has 20 heavy (non-hydrogen) atoms. The third kappa shape index (κ3) is 3.17. The van der Waals surface area contributed by atoms with Gasteiger partial charge in [-0.15, -0.1) is 0 Å². The van der Waals surface area contributed by atoms with Crippen LogP contribution >= 0.6 is 15.9 Å². The Morgan fingerprint density at radius 1 is 1.55 bits per heavy atom. The van der Waals surface area contributed by atoms with Gasteiger partial charge in [-0.05, 0) is 46.8 Å². The Hall–Kier alpha value is -1.43. The number of carbonyl (C=O) groups excluding carboxylic acids is 1. The van der Waals surface area contributed by atoms with Crippen LogP contribution in [0.3, 0.4) is 0 Å². The Morgan fingerprint density at radius 3 is 2.90 bits per heavy atom. The number of aromatic nitrogens is 1. The van der Waals surface area contributed by atoms with E-state index in [9.17, 15) is 14.7 Å². The number of carboxylic acid groups (broad SMARTS) is 1. The zero-order chi connectivity index (χ0) is 14.8. The van der Waals surface area contributed by atoms with E-state index in [0.717, 1.165) is 12.8 Å². The lowest BCUT2D eigenvalue weighted by atomic mass is 9.76. The molecule has 0 aliphatic heterocycles. The third-order valence-electron chi connectivity index (χ3n) is 3.75. The summed E-state index contributed by atoms with van der Waals surface area (Å²) in [6.45, 7) is 2.02. The second kappa shape index (κ2) is 5.91.